The topological polar surface area (TPSA) is 15.7 Å². The Kier molecular flexibility index (Phi) is 41.0. The highest BCUT2D eigenvalue weighted by molar-refractivity contribution is 4.82. The number of nitrogens with zero attached hydrogens (tertiary/aromatic N) is 2. The molecule has 0 aromatic heterocycles. The van der Waals surface area contributed by atoms with Gasteiger partial charge in [0.15, 0.2) is 0 Å². The third-order valence-electron chi connectivity index (χ3n) is 9.60. The Labute approximate surface area is 298 Å². The highest BCUT2D eigenvalue weighted by Crippen LogP contribution is 2.13. The number of rotatable bonds is 40. The first-order chi connectivity index (χ1) is 23.1. The van der Waals surface area contributed by atoms with Crippen LogP contribution in [0.15, 0.2) is 24.3 Å². The lowest BCUT2D eigenvalue weighted by atomic mass is 10.1. The predicted octanol–water partition coefficient (Wildman–Crippen LogP) is 13.7. The molecule has 0 saturated carbocycles. The van der Waals surface area contributed by atoms with Gasteiger partial charge < -0.3 is 14.5 Å². The Bertz CT molecular complexity index is 562. The van der Waals surface area contributed by atoms with Gasteiger partial charge in [-0.3, -0.25) is 0 Å². The maximum Gasteiger partial charge on any atom is 0.0466 e. The Morgan fingerprint density at radius 2 is 0.489 bits per heavy atom. The van der Waals surface area contributed by atoms with Crippen molar-refractivity contribution in [1.29, 1.82) is 0 Å². The van der Waals surface area contributed by atoms with Gasteiger partial charge in [-0.1, -0.05) is 153 Å². The van der Waals surface area contributed by atoms with E-state index < -0.39 is 0 Å². The van der Waals surface area contributed by atoms with E-state index in [-0.39, 0.29) is 0 Å². The van der Waals surface area contributed by atoms with Gasteiger partial charge in [-0.25, -0.2) is 0 Å². The summed E-state index contributed by atoms with van der Waals surface area (Å²) in [4.78, 5) is 4.60. The molecule has 0 aliphatic heterocycles. The van der Waals surface area contributed by atoms with Crippen molar-refractivity contribution in [3.63, 3.8) is 0 Å². The second-order valence-electron chi connectivity index (χ2n) is 15.2. The number of hydrogen-bond donors (Lipinski definition) is 0. The van der Waals surface area contributed by atoms with Gasteiger partial charge in [0, 0.05) is 13.2 Å². The summed E-state index contributed by atoms with van der Waals surface area (Å²) in [5.41, 5.74) is 0. The molecule has 0 bridgehead atoms. The van der Waals surface area contributed by atoms with Crippen molar-refractivity contribution < 1.29 is 4.74 Å². The Balaban J connectivity index is 3.13. The molecule has 0 amide bonds. The third-order valence-corrected chi connectivity index (χ3v) is 9.60. The van der Waals surface area contributed by atoms with Crippen molar-refractivity contribution in [3.8, 4) is 0 Å². The van der Waals surface area contributed by atoms with Gasteiger partial charge in [-0.05, 0) is 118 Å². The summed E-state index contributed by atoms with van der Waals surface area (Å²) in [7, 11) is 8.70. The maximum absolute atomic E-state index is 5.89. The van der Waals surface area contributed by atoms with Crippen molar-refractivity contribution in [1.82, 2.24) is 9.80 Å². The molecule has 0 heterocycles. The molecule has 3 heteroatoms. The lowest BCUT2D eigenvalue weighted by Gasteiger charge is -2.08. The van der Waals surface area contributed by atoms with E-state index in [0.29, 0.717) is 0 Å². The normalized spacial score (nSPS) is 12.2. The minimum absolute atomic E-state index is 0.975. The molecule has 0 N–H and O–H groups in total. The molecule has 0 saturated heterocycles. The van der Waals surface area contributed by atoms with Crippen molar-refractivity contribution in [3.05, 3.63) is 24.3 Å². The van der Waals surface area contributed by atoms with Crippen LogP contribution in [0.3, 0.4) is 0 Å². The van der Waals surface area contributed by atoms with Gasteiger partial charge in [-0.2, -0.15) is 0 Å². The highest BCUT2D eigenvalue weighted by Gasteiger charge is 1.97. The minimum Gasteiger partial charge on any atom is -0.381 e. The van der Waals surface area contributed by atoms with E-state index >= 15 is 0 Å². The molecule has 0 aromatic rings. The van der Waals surface area contributed by atoms with Crippen LogP contribution in [0, 0.1) is 0 Å². The minimum atomic E-state index is 0.975. The van der Waals surface area contributed by atoms with E-state index in [1.807, 2.05) is 0 Å². The molecule has 0 aromatic carbocycles. The molecule has 0 aliphatic rings. The van der Waals surface area contributed by atoms with Crippen molar-refractivity contribution in [2.45, 2.75) is 205 Å². The van der Waals surface area contributed by atoms with Crippen LogP contribution in [0.4, 0.5) is 0 Å². The third kappa shape index (κ3) is 45.4. The van der Waals surface area contributed by atoms with Crippen molar-refractivity contribution in [2.75, 3.05) is 54.5 Å². The SMILES string of the molecule is CN(C)CCCCCCCCCCC=CCCCCCCCCOCCCCCCCCC=CCCCCCCCCCCN(C)C. The lowest BCUT2D eigenvalue weighted by molar-refractivity contribution is 0.125. The Morgan fingerprint density at radius 3 is 0.745 bits per heavy atom. The fourth-order valence-electron chi connectivity index (χ4n) is 6.42. The Hall–Kier alpha value is -0.640. The van der Waals surface area contributed by atoms with Crippen molar-refractivity contribution in [2.24, 2.45) is 0 Å². The molecule has 280 valence electrons. The van der Waals surface area contributed by atoms with E-state index in [1.165, 1.54) is 219 Å². The molecule has 0 spiro atoms. The largest absolute Gasteiger partial charge is 0.381 e. The first-order valence-electron chi connectivity index (χ1n) is 21.3. The second kappa shape index (κ2) is 41.5. The number of allylic oxidation sites excluding steroid dienone is 4. The molecule has 0 atom stereocenters. The van der Waals surface area contributed by atoms with E-state index in [1.54, 1.807) is 0 Å². The quantitative estimate of drug-likeness (QED) is 0.0480. The standard InChI is InChI=1S/C44H88N2O/c1-45(2)41-37-33-29-25-21-17-13-9-5-7-11-15-19-23-27-31-35-39-43-47-44-40-36-32-28-24-20-16-12-8-6-10-14-18-22-26-30-34-38-42-46(3)4/h7-8,11-12H,5-6,9-10,13-44H2,1-4H3. The molecule has 0 radical (unpaired) electrons. The van der Waals surface area contributed by atoms with Gasteiger partial charge in [0.25, 0.3) is 0 Å². The zero-order chi connectivity index (χ0) is 34.1. The van der Waals surface area contributed by atoms with Gasteiger partial charge in [0.1, 0.15) is 0 Å². The van der Waals surface area contributed by atoms with E-state index in [9.17, 15) is 0 Å². The summed E-state index contributed by atoms with van der Waals surface area (Å²) in [5, 5.41) is 0. The molecular weight excluding hydrogens is 572 g/mol. The van der Waals surface area contributed by atoms with Gasteiger partial charge >= 0.3 is 0 Å². The average Bonchev–Trinajstić information content (AvgIpc) is 3.05. The summed E-state index contributed by atoms with van der Waals surface area (Å²) in [6.07, 6.45) is 53.9. The van der Waals surface area contributed by atoms with E-state index in [0.717, 1.165) is 13.2 Å². The fraction of sp³-hybridized carbons (Fsp3) is 0.909. The highest BCUT2D eigenvalue weighted by atomic mass is 16.5. The summed E-state index contributed by atoms with van der Waals surface area (Å²) < 4.78 is 5.89. The number of ether oxygens (including phenoxy) is 1. The zero-order valence-electron chi connectivity index (χ0n) is 33.1. The van der Waals surface area contributed by atoms with Crippen LogP contribution in [0.2, 0.25) is 0 Å². The predicted molar refractivity (Wildman–Crippen MR) is 214 cm³/mol. The van der Waals surface area contributed by atoms with E-state index in [4.69, 9.17) is 4.74 Å². The molecule has 47 heavy (non-hydrogen) atoms. The zero-order valence-corrected chi connectivity index (χ0v) is 33.1. The van der Waals surface area contributed by atoms with Crippen molar-refractivity contribution >= 4 is 0 Å². The van der Waals surface area contributed by atoms with Crippen LogP contribution in [-0.2, 0) is 4.74 Å². The first-order valence-corrected chi connectivity index (χ1v) is 21.3. The number of hydrogen-bond acceptors (Lipinski definition) is 3. The summed E-state index contributed by atoms with van der Waals surface area (Å²) in [6, 6.07) is 0. The second-order valence-corrected chi connectivity index (χ2v) is 15.2. The monoisotopic (exact) mass is 661 g/mol. The van der Waals surface area contributed by atoms with Crippen LogP contribution < -0.4 is 0 Å². The first kappa shape index (κ1) is 46.4. The Morgan fingerprint density at radius 1 is 0.277 bits per heavy atom. The maximum atomic E-state index is 5.89. The molecule has 0 unspecified atom stereocenters. The average molecular weight is 661 g/mol. The van der Waals surface area contributed by atoms with Gasteiger partial charge in [0.05, 0.1) is 0 Å². The number of unbranched alkanes of at least 4 members (excludes halogenated alkanes) is 28. The van der Waals surface area contributed by atoms with Crippen LogP contribution in [-0.4, -0.2) is 64.3 Å². The van der Waals surface area contributed by atoms with Crippen LogP contribution in [0.5, 0.6) is 0 Å². The van der Waals surface area contributed by atoms with Gasteiger partial charge in [-0.15, -0.1) is 0 Å². The molecule has 0 rings (SSSR count). The molecular formula is C44H88N2O. The molecule has 3 nitrogen and oxygen atoms in total. The summed E-state index contributed by atoms with van der Waals surface area (Å²) in [5.74, 6) is 0. The van der Waals surface area contributed by atoms with Crippen LogP contribution in [0.25, 0.3) is 0 Å². The van der Waals surface area contributed by atoms with Gasteiger partial charge in [0.2, 0.25) is 0 Å². The smallest absolute Gasteiger partial charge is 0.0466 e. The van der Waals surface area contributed by atoms with E-state index in [2.05, 4.69) is 62.3 Å². The molecule has 0 aliphatic carbocycles. The summed E-state index contributed by atoms with van der Waals surface area (Å²) >= 11 is 0. The van der Waals surface area contributed by atoms with Crippen LogP contribution in [0.1, 0.15) is 205 Å². The lowest BCUT2D eigenvalue weighted by Crippen LogP contribution is -2.12. The summed E-state index contributed by atoms with van der Waals surface area (Å²) in [6.45, 7) is 4.45. The van der Waals surface area contributed by atoms with Crippen LogP contribution >= 0.6 is 0 Å². The fourth-order valence-corrected chi connectivity index (χ4v) is 6.42. The molecule has 0 fully saturated rings.